The van der Waals surface area contributed by atoms with Gasteiger partial charge in [0.25, 0.3) is 0 Å². The maximum atomic E-state index is 5.68. The summed E-state index contributed by atoms with van der Waals surface area (Å²) in [6.07, 6.45) is 0. The minimum Gasteiger partial charge on any atom is -0.368 e. The van der Waals surface area contributed by atoms with Gasteiger partial charge < -0.3 is 16.0 Å². The first-order chi connectivity index (χ1) is 7.31. The van der Waals surface area contributed by atoms with Crippen molar-refractivity contribution in [2.75, 3.05) is 31.1 Å². The van der Waals surface area contributed by atoms with Crippen LogP contribution >= 0.6 is 15.9 Å². The van der Waals surface area contributed by atoms with Gasteiger partial charge in [-0.2, -0.15) is 0 Å². The molecule has 1 heterocycles. The highest BCUT2D eigenvalue weighted by Gasteiger charge is 2.19. The van der Waals surface area contributed by atoms with Gasteiger partial charge in [0, 0.05) is 36.7 Å². The van der Waals surface area contributed by atoms with Gasteiger partial charge >= 0.3 is 0 Å². The quantitative estimate of drug-likeness (QED) is 0.848. The third-order valence-corrected chi connectivity index (χ3v) is 3.40. The van der Waals surface area contributed by atoms with Crippen molar-refractivity contribution in [2.45, 2.75) is 6.04 Å². The van der Waals surface area contributed by atoms with Crippen LogP contribution in [0.2, 0.25) is 0 Å². The zero-order valence-electron chi connectivity index (χ0n) is 8.62. The topological polar surface area (TPSA) is 41.3 Å². The van der Waals surface area contributed by atoms with Crippen LogP contribution in [0.3, 0.4) is 0 Å². The summed E-state index contributed by atoms with van der Waals surface area (Å²) in [4.78, 5) is 2.37. The van der Waals surface area contributed by atoms with E-state index in [9.17, 15) is 0 Å². The first-order valence-electron chi connectivity index (χ1n) is 5.24. The van der Waals surface area contributed by atoms with Gasteiger partial charge in [-0.3, -0.25) is 0 Å². The van der Waals surface area contributed by atoms with E-state index in [-0.39, 0.29) is 0 Å². The second-order valence-electron chi connectivity index (χ2n) is 3.78. The van der Waals surface area contributed by atoms with Crippen LogP contribution in [0.1, 0.15) is 0 Å². The number of hydrogen-bond donors (Lipinski definition) is 2. The summed E-state index contributed by atoms with van der Waals surface area (Å²) in [5.74, 6) is 0. The average molecular weight is 270 g/mol. The molecule has 3 nitrogen and oxygen atoms in total. The first-order valence-corrected chi connectivity index (χ1v) is 6.03. The summed E-state index contributed by atoms with van der Waals surface area (Å²) < 4.78 is 1.16. The molecule has 1 unspecified atom stereocenters. The summed E-state index contributed by atoms with van der Waals surface area (Å²) in [6.45, 7) is 3.72. The molecule has 1 aromatic carbocycles. The van der Waals surface area contributed by atoms with Crippen LogP contribution in [0.25, 0.3) is 0 Å². The molecule has 4 heteroatoms. The molecule has 0 radical (unpaired) electrons. The van der Waals surface area contributed by atoms with Crippen LogP contribution in [0.4, 0.5) is 5.69 Å². The minimum absolute atomic E-state index is 0.408. The second-order valence-corrected chi connectivity index (χ2v) is 4.64. The fourth-order valence-corrected chi connectivity index (χ4v) is 2.45. The number of para-hydroxylation sites is 1. The van der Waals surface area contributed by atoms with Gasteiger partial charge in [0.2, 0.25) is 0 Å². The van der Waals surface area contributed by atoms with Crippen LogP contribution < -0.4 is 16.0 Å². The Morgan fingerprint density at radius 2 is 2.27 bits per heavy atom. The lowest BCUT2D eigenvalue weighted by Crippen LogP contribution is -2.53. The molecular weight excluding hydrogens is 254 g/mol. The Bertz CT molecular complexity index is 329. The van der Waals surface area contributed by atoms with Gasteiger partial charge in [-0.15, -0.1) is 0 Å². The van der Waals surface area contributed by atoms with Crippen LogP contribution in [0.5, 0.6) is 0 Å². The van der Waals surface area contributed by atoms with Crippen molar-refractivity contribution < 1.29 is 0 Å². The number of nitrogens with two attached hydrogens (primary N) is 1. The second kappa shape index (κ2) is 4.96. The van der Waals surface area contributed by atoms with E-state index in [4.69, 9.17) is 5.73 Å². The molecule has 0 spiro atoms. The Kier molecular flexibility index (Phi) is 3.61. The largest absolute Gasteiger partial charge is 0.368 e. The Balaban J connectivity index is 2.13. The number of hydrogen-bond acceptors (Lipinski definition) is 3. The van der Waals surface area contributed by atoms with E-state index in [0.717, 1.165) is 24.1 Å². The first kappa shape index (κ1) is 10.9. The fraction of sp³-hybridized carbons (Fsp3) is 0.455. The van der Waals surface area contributed by atoms with Crippen molar-refractivity contribution in [1.82, 2.24) is 5.32 Å². The maximum absolute atomic E-state index is 5.68. The Morgan fingerprint density at radius 1 is 1.47 bits per heavy atom. The Labute approximate surface area is 98.8 Å². The maximum Gasteiger partial charge on any atom is 0.0511 e. The molecule has 2 rings (SSSR count). The summed E-state index contributed by atoms with van der Waals surface area (Å²) in [5, 5.41) is 3.41. The number of nitrogens with one attached hydrogen (secondary N) is 1. The lowest BCUT2D eigenvalue weighted by molar-refractivity contribution is 0.463. The summed E-state index contributed by atoms with van der Waals surface area (Å²) >= 11 is 3.58. The Hall–Kier alpha value is -0.580. The number of nitrogens with zero attached hydrogens (tertiary/aromatic N) is 1. The molecule has 0 saturated carbocycles. The van der Waals surface area contributed by atoms with Crippen molar-refractivity contribution >= 4 is 21.6 Å². The Morgan fingerprint density at radius 3 is 3.00 bits per heavy atom. The lowest BCUT2D eigenvalue weighted by Gasteiger charge is -2.35. The van der Waals surface area contributed by atoms with E-state index in [1.54, 1.807) is 0 Å². The van der Waals surface area contributed by atoms with E-state index in [1.165, 1.54) is 5.69 Å². The van der Waals surface area contributed by atoms with Crippen LogP contribution in [0.15, 0.2) is 28.7 Å². The zero-order valence-corrected chi connectivity index (χ0v) is 10.2. The van der Waals surface area contributed by atoms with Crippen molar-refractivity contribution in [1.29, 1.82) is 0 Å². The zero-order chi connectivity index (χ0) is 10.7. The van der Waals surface area contributed by atoms with Crippen LogP contribution in [-0.4, -0.2) is 32.2 Å². The SMILES string of the molecule is NCC1CN(c2ccccc2Br)CCN1. The molecular formula is C11H16BrN3. The minimum atomic E-state index is 0.408. The number of anilines is 1. The summed E-state index contributed by atoms with van der Waals surface area (Å²) in [6, 6.07) is 8.74. The molecule has 15 heavy (non-hydrogen) atoms. The van der Waals surface area contributed by atoms with Crippen molar-refractivity contribution in [3.05, 3.63) is 28.7 Å². The van der Waals surface area contributed by atoms with Gasteiger partial charge in [-0.05, 0) is 28.1 Å². The van der Waals surface area contributed by atoms with Gasteiger partial charge in [-0.25, -0.2) is 0 Å². The van der Waals surface area contributed by atoms with Crippen molar-refractivity contribution in [3.8, 4) is 0 Å². The van der Waals surface area contributed by atoms with Gasteiger partial charge in [-0.1, -0.05) is 12.1 Å². The van der Waals surface area contributed by atoms with E-state index in [2.05, 4.69) is 44.3 Å². The third-order valence-electron chi connectivity index (χ3n) is 2.73. The highest BCUT2D eigenvalue weighted by molar-refractivity contribution is 9.10. The fourth-order valence-electron chi connectivity index (χ4n) is 1.91. The summed E-state index contributed by atoms with van der Waals surface area (Å²) in [5.41, 5.74) is 6.94. The van der Waals surface area contributed by atoms with E-state index in [1.807, 2.05) is 6.07 Å². The summed E-state index contributed by atoms with van der Waals surface area (Å²) in [7, 11) is 0. The number of halogens is 1. The highest BCUT2D eigenvalue weighted by Crippen LogP contribution is 2.26. The molecule has 1 aromatic rings. The van der Waals surface area contributed by atoms with Crippen LogP contribution in [-0.2, 0) is 0 Å². The third kappa shape index (κ3) is 2.51. The molecule has 0 bridgehead atoms. The lowest BCUT2D eigenvalue weighted by atomic mass is 10.2. The smallest absolute Gasteiger partial charge is 0.0511 e. The standard InChI is InChI=1S/C11H16BrN3/c12-10-3-1-2-4-11(10)15-6-5-14-9(7-13)8-15/h1-4,9,14H,5-8,13H2. The molecule has 3 N–H and O–H groups in total. The van der Waals surface area contributed by atoms with Gasteiger partial charge in [0.1, 0.15) is 0 Å². The van der Waals surface area contributed by atoms with E-state index < -0.39 is 0 Å². The monoisotopic (exact) mass is 269 g/mol. The molecule has 1 aliphatic heterocycles. The predicted molar refractivity (Wildman–Crippen MR) is 67.2 cm³/mol. The number of benzene rings is 1. The molecule has 1 atom stereocenters. The molecule has 1 aliphatic rings. The molecule has 82 valence electrons. The highest BCUT2D eigenvalue weighted by atomic mass is 79.9. The van der Waals surface area contributed by atoms with Gasteiger partial charge in [0.05, 0.1) is 5.69 Å². The van der Waals surface area contributed by atoms with E-state index >= 15 is 0 Å². The number of rotatable bonds is 2. The average Bonchev–Trinajstić information content (AvgIpc) is 2.30. The van der Waals surface area contributed by atoms with Crippen molar-refractivity contribution in [2.24, 2.45) is 5.73 Å². The molecule has 0 amide bonds. The molecule has 0 aromatic heterocycles. The van der Waals surface area contributed by atoms with Gasteiger partial charge in [0.15, 0.2) is 0 Å². The number of piperazine rings is 1. The molecule has 0 aliphatic carbocycles. The normalized spacial score (nSPS) is 21.7. The van der Waals surface area contributed by atoms with Crippen molar-refractivity contribution in [3.63, 3.8) is 0 Å². The molecule has 1 saturated heterocycles. The van der Waals surface area contributed by atoms with Crippen LogP contribution in [0, 0.1) is 0 Å². The van der Waals surface area contributed by atoms with E-state index in [0.29, 0.717) is 12.6 Å². The molecule has 1 fully saturated rings. The predicted octanol–water partition coefficient (Wildman–Crippen LogP) is 1.19.